The highest BCUT2D eigenvalue weighted by molar-refractivity contribution is 5.79. The second-order valence-electron chi connectivity index (χ2n) is 6.58. The van der Waals surface area contributed by atoms with Gasteiger partial charge >= 0.3 is 0 Å². The lowest BCUT2D eigenvalue weighted by atomic mass is 10.1. The molecule has 1 aliphatic heterocycles. The predicted molar refractivity (Wildman–Crippen MR) is 111 cm³/mol. The number of anilines is 1. The van der Waals surface area contributed by atoms with Crippen LogP contribution >= 0.6 is 0 Å². The molecule has 2 N–H and O–H groups in total. The van der Waals surface area contributed by atoms with Gasteiger partial charge in [0.05, 0.1) is 6.54 Å². The highest BCUT2D eigenvalue weighted by Crippen LogP contribution is 2.18. The summed E-state index contributed by atoms with van der Waals surface area (Å²) in [5.41, 5.74) is 5.02. The van der Waals surface area contributed by atoms with Gasteiger partial charge in [-0.3, -0.25) is 0 Å². The molecular formula is C22H28N4. The highest BCUT2D eigenvalue weighted by atomic mass is 15.2. The zero-order valence-electron chi connectivity index (χ0n) is 15.7. The monoisotopic (exact) mass is 348 g/mol. The molecule has 0 spiro atoms. The van der Waals surface area contributed by atoms with Crippen molar-refractivity contribution in [2.75, 3.05) is 24.5 Å². The van der Waals surface area contributed by atoms with Gasteiger partial charge in [0.2, 0.25) is 0 Å². The molecule has 0 radical (unpaired) electrons. The van der Waals surface area contributed by atoms with Crippen LogP contribution in [-0.4, -0.2) is 25.6 Å². The Morgan fingerprint density at radius 2 is 1.77 bits per heavy atom. The second kappa shape index (κ2) is 9.09. The van der Waals surface area contributed by atoms with Crippen molar-refractivity contribution in [3.8, 4) is 0 Å². The molecular weight excluding hydrogens is 320 g/mol. The zero-order valence-corrected chi connectivity index (χ0v) is 15.7. The smallest absolute Gasteiger partial charge is 0.191 e. The molecule has 3 rings (SSSR count). The van der Waals surface area contributed by atoms with E-state index < -0.39 is 0 Å². The first-order valence-electron chi connectivity index (χ1n) is 9.31. The number of rotatable bonds is 6. The fourth-order valence-electron chi connectivity index (χ4n) is 2.94. The lowest BCUT2D eigenvalue weighted by Gasteiger charge is -2.18. The van der Waals surface area contributed by atoms with Crippen molar-refractivity contribution in [2.45, 2.75) is 26.9 Å². The van der Waals surface area contributed by atoms with E-state index in [1.54, 1.807) is 0 Å². The fraction of sp³-hybridized carbons (Fsp3) is 0.318. The van der Waals surface area contributed by atoms with Gasteiger partial charge in [0.1, 0.15) is 0 Å². The van der Waals surface area contributed by atoms with Crippen LogP contribution in [-0.2, 0) is 13.1 Å². The molecule has 0 amide bonds. The fourth-order valence-corrected chi connectivity index (χ4v) is 2.94. The number of nitrogens with zero attached hydrogens (tertiary/aromatic N) is 2. The quantitative estimate of drug-likeness (QED) is 0.476. The van der Waals surface area contributed by atoms with Gasteiger partial charge in [-0.05, 0) is 37.1 Å². The Balaban J connectivity index is 1.61. The summed E-state index contributed by atoms with van der Waals surface area (Å²) in [5.74, 6) is 0.848. The zero-order chi connectivity index (χ0) is 18.2. The Morgan fingerprint density at radius 3 is 2.50 bits per heavy atom. The van der Waals surface area contributed by atoms with Crippen molar-refractivity contribution in [1.82, 2.24) is 10.6 Å². The Labute approximate surface area is 156 Å². The average molecular weight is 348 g/mol. The third-order valence-corrected chi connectivity index (χ3v) is 4.44. The maximum atomic E-state index is 4.74. The molecule has 1 heterocycles. The summed E-state index contributed by atoms with van der Waals surface area (Å²) < 4.78 is 0. The molecule has 1 aliphatic rings. The molecule has 2 aromatic carbocycles. The number of guanidine groups is 1. The Bertz CT molecular complexity index is 754. The van der Waals surface area contributed by atoms with E-state index in [-0.39, 0.29) is 0 Å². The van der Waals surface area contributed by atoms with Crippen LogP contribution in [0.5, 0.6) is 0 Å². The largest absolute Gasteiger partial charge is 0.364 e. The number of aryl methyl sites for hydroxylation is 1. The normalized spacial score (nSPS) is 13.9. The molecule has 0 saturated carbocycles. The van der Waals surface area contributed by atoms with Crippen LogP contribution in [0, 0.1) is 6.92 Å². The maximum absolute atomic E-state index is 4.74. The van der Waals surface area contributed by atoms with E-state index in [1.165, 1.54) is 22.4 Å². The third kappa shape index (κ3) is 5.12. The van der Waals surface area contributed by atoms with Crippen LogP contribution in [0.1, 0.15) is 23.6 Å². The lowest BCUT2D eigenvalue weighted by molar-refractivity contribution is 0.816. The number of hydrogen-bond acceptors (Lipinski definition) is 2. The number of benzene rings is 2. The van der Waals surface area contributed by atoms with Crippen molar-refractivity contribution >= 4 is 11.6 Å². The van der Waals surface area contributed by atoms with Crippen LogP contribution in [0.3, 0.4) is 0 Å². The molecule has 4 heteroatoms. The average Bonchev–Trinajstić information content (AvgIpc) is 3.20. The summed E-state index contributed by atoms with van der Waals surface area (Å²) in [5, 5.41) is 6.74. The maximum Gasteiger partial charge on any atom is 0.191 e. The van der Waals surface area contributed by atoms with Gasteiger partial charge < -0.3 is 15.5 Å². The molecule has 0 atom stereocenters. The predicted octanol–water partition coefficient (Wildman–Crippen LogP) is 3.63. The molecule has 0 saturated heterocycles. The lowest BCUT2D eigenvalue weighted by Crippen LogP contribution is -2.36. The molecule has 0 aliphatic carbocycles. The summed E-state index contributed by atoms with van der Waals surface area (Å²) >= 11 is 0. The summed E-state index contributed by atoms with van der Waals surface area (Å²) in [7, 11) is 0. The molecule has 136 valence electrons. The van der Waals surface area contributed by atoms with Crippen LogP contribution < -0.4 is 15.5 Å². The topological polar surface area (TPSA) is 39.7 Å². The Kier molecular flexibility index (Phi) is 6.31. The third-order valence-electron chi connectivity index (χ3n) is 4.44. The van der Waals surface area contributed by atoms with Crippen LogP contribution in [0.2, 0.25) is 0 Å². The summed E-state index contributed by atoms with van der Waals surface area (Å²) in [6, 6.07) is 17.2. The number of nitrogens with one attached hydrogen (secondary N) is 2. The standard InChI is InChI=1S/C22H28N4/c1-3-23-22(24-16-19-11-9-18(2)10-12-19)25-17-20-7-6-8-21(15-20)26-13-4-5-14-26/h4-12,15H,3,13-14,16-17H2,1-2H3,(H2,23,24,25). The summed E-state index contributed by atoms with van der Waals surface area (Å²) in [6.07, 6.45) is 4.42. The van der Waals surface area contributed by atoms with Crippen LogP contribution in [0.25, 0.3) is 0 Å². The van der Waals surface area contributed by atoms with E-state index in [0.717, 1.165) is 32.1 Å². The molecule has 0 unspecified atom stereocenters. The number of aliphatic imine (C=N–C) groups is 1. The Hall–Kier alpha value is -2.75. The SMILES string of the molecule is CCNC(=NCc1cccc(N2CC=CC2)c1)NCc1ccc(C)cc1. The first kappa shape index (κ1) is 18.1. The second-order valence-corrected chi connectivity index (χ2v) is 6.58. The molecule has 26 heavy (non-hydrogen) atoms. The highest BCUT2D eigenvalue weighted by Gasteiger charge is 2.07. The first-order valence-corrected chi connectivity index (χ1v) is 9.31. The minimum atomic E-state index is 0.665. The minimum Gasteiger partial charge on any atom is -0.364 e. The van der Waals surface area contributed by atoms with E-state index in [4.69, 9.17) is 4.99 Å². The van der Waals surface area contributed by atoms with Crippen molar-refractivity contribution in [1.29, 1.82) is 0 Å². The summed E-state index contributed by atoms with van der Waals surface area (Å²) in [6.45, 7) is 8.46. The van der Waals surface area contributed by atoms with Crippen LogP contribution in [0.15, 0.2) is 65.7 Å². The van der Waals surface area contributed by atoms with E-state index in [1.807, 2.05) is 0 Å². The van der Waals surface area contributed by atoms with Gasteiger partial charge in [0.25, 0.3) is 0 Å². The number of hydrogen-bond donors (Lipinski definition) is 2. The van der Waals surface area contributed by atoms with Gasteiger partial charge in [-0.2, -0.15) is 0 Å². The van der Waals surface area contributed by atoms with Crippen molar-refractivity contribution in [2.24, 2.45) is 4.99 Å². The van der Waals surface area contributed by atoms with Gasteiger partial charge in [0.15, 0.2) is 5.96 Å². The van der Waals surface area contributed by atoms with Gasteiger partial charge in [-0.25, -0.2) is 4.99 Å². The molecule has 4 nitrogen and oxygen atoms in total. The molecule has 0 bridgehead atoms. The van der Waals surface area contributed by atoms with Crippen molar-refractivity contribution in [3.05, 3.63) is 77.4 Å². The first-order chi connectivity index (χ1) is 12.7. The van der Waals surface area contributed by atoms with Crippen LogP contribution in [0.4, 0.5) is 5.69 Å². The van der Waals surface area contributed by atoms with E-state index >= 15 is 0 Å². The van der Waals surface area contributed by atoms with E-state index in [0.29, 0.717) is 6.54 Å². The van der Waals surface area contributed by atoms with E-state index in [9.17, 15) is 0 Å². The van der Waals surface area contributed by atoms with E-state index in [2.05, 4.69) is 90.1 Å². The minimum absolute atomic E-state index is 0.665. The molecule has 0 aromatic heterocycles. The van der Waals surface area contributed by atoms with Crippen molar-refractivity contribution in [3.63, 3.8) is 0 Å². The summed E-state index contributed by atoms with van der Waals surface area (Å²) in [4.78, 5) is 7.10. The van der Waals surface area contributed by atoms with Gasteiger partial charge in [-0.1, -0.05) is 54.1 Å². The molecule has 2 aromatic rings. The van der Waals surface area contributed by atoms with Gasteiger partial charge in [0, 0.05) is 31.9 Å². The van der Waals surface area contributed by atoms with Crippen molar-refractivity contribution < 1.29 is 0 Å². The van der Waals surface area contributed by atoms with Gasteiger partial charge in [-0.15, -0.1) is 0 Å². The molecule has 0 fully saturated rings. The Morgan fingerprint density at radius 1 is 1.00 bits per heavy atom.